The number of rotatable bonds is 9. The summed E-state index contributed by atoms with van der Waals surface area (Å²) in [6.07, 6.45) is 2.29. The minimum atomic E-state index is -1.000. The second-order valence-electron chi connectivity index (χ2n) is 11.8. The van der Waals surface area contributed by atoms with Crippen molar-refractivity contribution < 1.29 is 19.4 Å². The van der Waals surface area contributed by atoms with Gasteiger partial charge in [0.25, 0.3) is 5.56 Å². The number of aromatic nitrogens is 1. The van der Waals surface area contributed by atoms with E-state index >= 15 is 0 Å². The van der Waals surface area contributed by atoms with Gasteiger partial charge in [-0.25, -0.2) is 4.79 Å². The van der Waals surface area contributed by atoms with Gasteiger partial charge in [-0.3, -0.25) is 4.79 Å². The van der Waals surface area contributed by atoms with E-state index < -0.39 is 22.9 Å². The fourth-order valence-electron chi connectivity index (χ4n) is 5.32. The molecule has 2 atom stereocenters. The summed E-state index contributed by atoms with van der Waals surface area (Å²) < 4.78 is 13.2. The molecule has 0 saturated carbocycles. The van der Waals surface area contributed by atoms with Crippen LogP contribution in [0.3, 0.4) is 0 Å². The minimum Gasteiger partial charge on any atom is -0.438 e. The Kier molecular flexibility index (Phi) is 8.05. The van der Waals surface area contributed by atoms with Crippen LogP contribution in [-0.2, 0) is 21.6 Å². The zero-order valence-electron chi connectivity index (χ0n) is 23.8. The van der Waals surface area contributed by atoms with Gasteiger partial charge in [-0.05, 0) is 62.9 Å². The largest absolute Gasteiger partial charge is 0.438 e. The summed E-state index contributed by atoms with van der Waals surface area (Å²) >= 11 is 0. The van der Waals surface area contributed by atoms with Gasteiger partial charge < -0.3 is 24.0 Å². The van der Waals surface area contributed by atoms with E-state index in [1.54, 1.807) is 42.7 Å². The third kappa shape index (κ3) is 6.60. The molecule has 208 valence electrons. The lowest BCUT2D eigenvalue weighted by Gasteiger charge is -2.45. The Morgan fingerprint density at radius 1 is 1.00 bits per heavy atom. The fourth-order valence-corrected chi connectivity index (χ4v) is 5.32. The predicted molar refractivity (Wildman–Crippen MR) is 152 cm³/mol. The molecule has 1 aliphatic rings. The number of methoxy groups -OCH3 is 1. The third-order valence-electron chi connectivity index (χ3n) is 7.59. The van der Waals surface area contributed by atoms with Crippen LogP contribution in [0.15, 0.2) is 77.7 Å². The van der Waals surface area contributed by atoms with Crippen molar-refractivity contribution in [2.45, 2.75) is 76.9 Å². The van der Waals surface area contributed by atoms with Gasteiger partial charge in [-0.1, -0.05) is 54.6 Å². The summed E-state index contributed by atoms with van der Waals surface area (Å²) in [5, 5.41) is 10.6. The van der Waals surface area contributed by atoms with Gasteiger partial charge in [0.2, 0.25) is 0 Å². The number of benzene rings is 2. The van der Waals surface area contributed by atoms with E-state index in [0.717, 1.165) is 22.3 Å². The standard InChI is InChI=1S/C32H40N2O5/c1-23(34-19-17-32(39-29(34)36,21-30(2,3)37)27-10-8-7-9-11-27)24-12-14-25(15-13-24)26-16-18-33(28(35)20-26)22-31(4,5)38-6/h7-16,18,20,23,37H,17,19,21-22H2,1-6H3/t23?,32-/m0/s1. The van der Waals surface area contributed by atoms with Crippen molar-refractivity contribution in [3.8, 4) is 11.1 Å². The maximum absolute atomic E-state index is 13.3. The summed E-state index contributed by atoms with van der Waals surface area (Å²) in [4.78, 5) is 27.8. The molecule has 7 heteroatoms. The number of ether oxygens (including phenoxy) is 2. The van der Waals surface area contributed by atoms with E-state index in [0.29, 0.717) is 25.9 Å². The number of carbonyl (C=O) groups excluding carboxylic acids is 1. The minimum absolute atomic E-state index is 0.0842. The van der Waals surface area contributed by atoms with Crippen LogP contribution >= 0.6 is 0 Å². The molecule has 0 radical (unpaired) electrons. The first-order valence-electron chi connectivity index (χ1n) is 13.5. The molecule has 7 nitrogen and oxygen atoms in total. The number of amides is 1. The lowest BCUT2D eigenvalue weighted by atomic mass is 9.80. The molecule has 0 bridgehead atoms. The molecule has 0 aliphatic carbocycles. The third-order valence-corrected chi connectivity index (χ3v) is 7.59. The molecule has 4 rings (SSSR count). The Labute approximate surface area is 231 Å². The number of pyridine rings is 1. The molecule has 2 aromatic carbocycles. The van der Waals surface area contributed by atoms with Gasteiger partial charge in [0.15, 0.2) is 0 Å². The van der Waals surface area contributed by atoms with Crippen molar-refractivity contribution >= 4 is 6.09 Å². The monoisotopic (exact) mass is 532 g/mol. The summed E-state index contributed by atoms with van der Waals surface area (Å²) in [7, 11) is 1.64. The maximum atomic E-state index is 13.3. The quantitative estimate of drug-likeness (QED) is 0.371. The zero-order chi connectivity index (χ0) is 28.4. The van der Waals surface area contributed by atoms with Gasteiger partial charge in [-0.15, -0.1) is 0 Å². The topological polar surface area (TPSA) is 81.0 Å². The van der Waals surface area contributed by atoms with E-state index in [9.17, 15) is 14.7 Å². The summed E-state index contributed by atoms with van der Waals surface area (Å²) in [6.45, 7) is 10.3. The Balaban J connectivity index is 1.50. The van der Waals surface area contributed by atoms with E-state index in [1.165, 1.54) is 0 Å². The summed E-state index contributed by atoms with van der Waals surface area (Å²) in [6, 6.07) is 21.0. The molecule has 1 N–H and O–H groups in total. The van der Waals surface area contributed by atoms with E-state index in [4.69, 9.17) is 9.47 Å². The van der Waals surface area contributed by atoms with Crippen molar-refractivity contribution in [3.05, 3.63) is 94.4 Å². The Hall–Kier alpha value is -3.42. The smallest absolute Gasteiger partial charge is 0.411 e. The highest BCUT2D eigenvalue weighted by Gasteiger charge is 2.46. The first-order valence-corrected chi connectivity index (χ1v) is 13.5. The molecule has 1 saturated heterocycles. The second-order valence-corrected chi connectivity index (χ2v) is 11.8. The average molecular weight is 533 g/mol. The molecule has 39 heavy (non-hydrogen) atoms. The molecular formula is C32H40N2O5. The van der Waals surface area contributed by atoms with Gasteiger partial charge in [-0.2, -0.15) is 0 Å². The van der Waals surface area contributed by atoms with Crippen LogP contribution in [-0.4, -0.2) is 45.5 Å². The number of hydrogen-bond donors (Lipinski definition) is 1. The Morgan fingerprint density at radius 2 is 1.67 bits per heavy atom. The molecule has 3 aromatic rings. The second kappa shape index (κ2) is 11.0. The number of nitrogens with zero attached hydrogens (tertiary/aromatic N) is 2. The number of hydrogen-bond acceptors (Lipinski definition) is 5. The van der Waals surface area contributed by atoms with Crippen molar-refractivity contribution in [2.24, 2.45) is 0 Å². The van der Waals surface area contributed by atoms with Crippen LogP contribution in [0.2, 0.25) is 0 Å². The predicted octanol–water partition coefficient (Wildman–Crippen LogP) is 5.90. The molecule has 1 fully saturated rings. The highest BCUT2D eigenvalue weighted by Crippen LogP contribution is 2.42. The average Bonchev–Trinajstić information content (AvgIpc) is 2.89. The van der Waals surface area contributed by atoms with Crippen LogP contribution in [0.25, 0.3) is 11.1 Å². The molecule has 0 spiro atoms. The molecule has 1 amide bonds. The molecule has 1 unspecified atom stereocenters. The number of aliphatic hydroxyl groups is 1. The molecule has 1 aliphatic heterocycles. The first kappa shape index (κ1) is 28.6. The van der Waals surface area contributed by atoms with Crippen molar-refractivity contribution in [1.82, 2.24) is 9.47 Å². The van der Waals surface area contributed by atoms with Gasteiger partial charge in [0, 0.05) is 38.8 Å². The lowest BCUT2D eigenvalue weighted by molar-refractivity contribution is -0.101. The Morgan fingerprint density at radius 3 is 2.23 bits per heavy atom. The number of carbonyl (C=O) groups is 1. The Bertz CT molecular complexity index is 1340. The van der Waals surface area contributed by atoms with Crippen molar-refractivity contribution in [1.29, 1.82) is 0 Å². The van der Waals surface area contributed by atoms with Crippen molar-refractivity contribution in [2.75, 3.05) is 13.7 Å². The SMILES string of the molecule is COC(C)(C)Cn1ccc(-c2ccc(C(C)N3CC[C@](CC(C)(C)O)(c4ccccc4)OC3=O)cc2)cc1=O. The van der Waals surface area contributed by atoms with E-state index in [-0.39, 0.29) is 11.6 Å². The van der Waals surface area contributed by atoms with Crippen LogP contribution in [0.1, 0.15) is 64.6 Å². The fraction of sp³-hybridized carbons (Fsp3) is 0.438. The van der Waals surface area contributed by atoms with Crippen LogP contribution in [0.5, 0.6) is 0 Å². The molecule has 1 aromatic heterocycles. The lowest BCUT2D eigenvalue weighted by Crippen LogP contribution is -2.51. The van der Waals surface area contributed by atoms with E-state index in [2.05, 4.69) is 0 Å². The van der Waals surface area contributed by atoms with E-state index in [1.807, 2.05) is 81.4 Å². The highest BCUT2D eigenvalue weighted by molar-refractivity contribution is 5.70. The number of cyclic esters (lactones) is 1. The van der Waals surface area contributed by atoms with Crippen LogP contribution in [0.4, 0.5) is 4.79 Å². The van der Waals surface area contributed by atoms with Gasteiger partial charge >= 0.3 is 6.09 Å². The summed E-state index contributed by atoms with van der Waals surface area (Å²) in [5.74, 6) is 0. The van der Waals surface area contributed by atoms with Crippen molar-refractivity contribution in [3.63, 3.8) is 0 Å². The molecule has 2 heterocycles. The summed E-state index contributed by atoms with van der Waals surface area (Å²) in [5.41, 5.74) is 1.23. The normalized spacial score (nSPS) is 19.1. The zero-order valence-corrected chi connectivity index (χ0v) is 23.8. The van der Waals surface area contributed by atoms with Crippen LogP contribution in [0, 0.1) is 0 Å². The van der Waals surface area contributed by atoms with Gasteiger partial charge in [0.05, 0.1) is 23.8 Å². The highest BCUT2D eigenvalue weighted by atomic mass is 16.6. The van der Waals surface area contributed by atoms with Gasteiger partial charge in [0.1, 0.15) is 5.60 Å². The van der Waals surface area contributed by atoms with Crippen LogP contribution < -0.4 is 5.56 Å². The molecular weight excluding hydrogens is 492 g/mol. The first-order chi connectivity index (χ1) is 18.3. The maximum Gasteiger partial charge on any atom is 0.411 e.